The molecule has 0 spiro atoms. The van der Waals surface area contributed by atoms with Gasteiger partial charge in [0.1, 0.15) is 28.7 Å². The predicted molar refractivity (Wildman–Crippen MR) is 166 cm³/mol. The lowest BCUT2D eigenvalue weighted by atomic mass is 10.3. The van der Waals surface area contributed by atoms with E-state index < -0.39 is 23.0 Å². The standard InChI is InChI=1S/C30H26N3O6P3/c34-40(35-26-16-6-1-7-17-26)31-41(36-27-18-8-2-9-19-27,37-28-20-10-3-11-21-28)33-42(32-40,38-29-22-12-4-13-23-29)39-30-24-14-5-15-25-30/h1-25,34H. The van der Waals surface area contributed by atoms with E-state index in [4.69, 9.17) is 27.1 Å². The van der Waals surface area contributed by atoms with Gasteiger partial charge in [0.05, 0.1) is 0 Å². The van der Waals surface area contributed by atoms with Gasteiger partial charge in [0.25, 0.3) is 0 Å². The quantitative estimate of drug-likeness (QED) is 0.156. The molecule has 5 aromatic rings. The second-order valence-corrected chi connectivity index (χ2v) is 14.8. The highest BCUT2D eigenvalue weighted by Gasteiger charge is 2.46. The van der Waals surface area contributed by atoms with E-state index in [0.717, 1.165) is 0 Å². The van der Waals surface area contributed by atoms with Gasteiger partial charge in [0, 0.05) is 0 Å². The summed E-state index contributed by atoms with van der Waals surface area (Å²) < 4.78 is 46.2. The molecule has 5 aromatic carbocycles. The highest BCUT2D eigenvalue weighted by atomic mass is 31.3. The zero-order valence-corrected chi connectivity index (χ0v) is 24.8. The van der Waals surface area contributed by atoms with Crippen LogP contribution in [0.1, 0.15) is 0 Å². The molecule has 1 atom stereocenters. The fourth-order valence-electron chi connectivity index (χ4n) is 3.81. The number of para-hydroxylation sites is 5. The summed E-state index contributed by atoms with van der Waals surface area (Å²) in [6.45, 7) is 0. The molecule has 1 aliphatic rings. The van der Waals surface area contributed by atoms with Crippen molar-refractivity contribution in [2.45, 2.75) is 0 Å². The van der Waals surface area contributed by atoms with Crippen LogP contribution in [0.2, 0.25) is 0 Å². The zero-order valence-electron chi connectivity index (χ0n) is 22.1. The molecule has 0 aliphatic carbocycles. The Labute approximate surface area is 244 Å². The monoisotopic (exact) mass is 617 g/mol. The average molecular weight is 617 g/mol. The fourth-order valence-corrected chi connectivity index (χ4v) is 12.2. The van der Waals surface area contributed by atoms with E-state index >= 15 is 0 Å². The highest BCUT2D eigenvalue weighted by molar-refractivity contribution is 7.78. The van der Waals surface area contributed by atoms with Crippen molar-refractivity contribution in [3.05, 3.63) is 152 Å². The third kappa shape index (κ3) is 6.96. The number of nitrogens with zero attached hydrogens (tertiary/aromatic N) is 3. The van der Waals surface area contributed by atoms with Gasteiger partial charge in [-0.05, 0) is 60.7 Å². The van der Waals surface area contributed by atoms with Crippen molar-refractivity contribution in [1.82, 2.24) is 0 Å². The highest BCUT2D eigenvalue weighted by Crippen LogP contribution is 2.77. The summed E-state index contributed by atoms with van der Waals surface area (Å²) in [6, 6.07) is 44.7. The Balaban J connectivity index is 1.61. The largest absolute Gasteiger partial charge is 0.460 e. The molecule has 6 rings (SSSR count). The molecule has 42 heavy (non-hydrogen) atoms. The lowest BCUT2D eigenvalue weighted by Gasteiger charge is -2.31. The van der Waals surface area contributed by atoms with Crippen molar-refractivity contribution in [2.75, 3.05) is 0 Å². The third-order valence-corrected chi connectivity index (χ3v) is 13.3. The minimum atomic E-state index is -4.12. The molecule has 212 valence electrons. The lowest BCUT2D eigenvalue weighted by Crippen LogP contribution is -2.08. The predicted octanol–water partition coefficient (Wildman–Crippen LogP) is 10.2. The SMILES string of the molecule is OP1(Oc2ccccc2)=NP(Oc2ccccc2)(Oc2ccccc2)=NP(Oc2ccccc2)(Oc2ccccc2)=N1. The summed E-state index contributed by atoms with van der Waals surface area (Å²) in [5.74, 6) is 2.01. The fraction of sp³-hybridized carbons (Fsp3) is 0. The molecular formula is C30H26N3O6P3. The van der Waals surface area contributed by atoms with E-state index in [0.29, 0.717) is 28.7 Å². The van der Waals surface area contributed by atoms with Crippen molar-refractivity contribution >= 4 is 23.0 Å². The summed E-state index contributed by atoms with van der Waals surface area (Å²) in [5.41, 5.74) is 0. The van der Waals surface area contributed by atoms with E-state index in [2.05, 4.69) is 9.03 Å². The summed E-state index contributed by atoms with van der Waals surface area (Å²) in [4.78, 5) is 12.1. The molecule has 12 heteroatoms. The first-order chi connectivity index (χ1) is 20.5. The van der Waals surface area contributed by atoms with Gasteiger partial charge in [0.15, 0.2) is 0 Å². The van der Waals surface area contributed by atoms with Crippen molar-refractivity contribution < 1.29 is 27.5 Å². The molecule has 1 unspecified atom stereocenters. The van der Waals surface area contributed by atoms with Crippen LogP contribution in [0.15, 0.2) is 165 Å². The first-order valence-corrected chi connectivity index (χ1v) is 17.5. The molecule has 0 aromatic heterocycles. The van der Waals surface area contributed by atoms with Crippen LogP contribution in [-0.4, -0.2) is 4.89 Å². The Morgan fingerprint density at radius 3 is 0.905 bits per heavy atom. The van der Waals surface area contributed by atoms with Gasteiger partial charge < -0.3 is 27.5 Å². The molecule has 0 saturated heterocycles. The normalized spacial score (nSPS) is 18.2. The van der Waals surface area contributed by atoms with Gasteiger partial charge in [-0.2, -0.15) is 0 Å². The second kappa shape index (κ2) is 12.3. The minimum Gasteiger partial charge on any atom is -0.422 e. The number of hydrogen-bond donors (Lipinski definition) is 1. The topological polar surface area (TPSA) is 103 Å². The summed E-state index contributed by atoms with van der Waals surface area (Å²) in [5, 5.41) is 0. The van der Waals surface area contributed by atoms with Gasteiger partial charge in [0.2, 0.25) is 0 Å². The van der Waals surface area contributed by atoms with E-state index in [1.165, 1.54) is 0 Å². The van der Waals surface area contributed by atoms with Gasteiger partial charge >= 0.3 is 23.0 Å². The average Bonchev–Trinajstić information content (AvgIpc) is 2.99. The van der Waals surface area contributed by atoms with Crippen LogP contribution in [0.4, 0.5) is 0 Å². The second-order valence-electron chi connectivity index (χ2n) is 8.78. The Hall–Kier alpha value is -4.25. The molecule has 9 nitrogen and oxygen atoms in total. The Kier molecular flexibility index (Phi) is 8.18. The van der Waals surface area contributed by atoms with E-state index in [-0.39, 0.29) is 0 Å². The number of rotatable bonds is 10. The van der Waals surface area contributed by atoms with E-state index in [1.54, 1.807) is 72.8 Å². The molecule has 0 bridgehead atoms. The van der Waals surface area contributed by atoms with Gasteiger partial charge in [-0.3, -0.25) is 0 Å². The lowest BCUT2D eigenvalue weighted by molar-refractivity contribution is 0.441. The molecular weight excluding hydrogens is 591 g/mol. The molecule has 1 heterocycles. The first kappa shape index (κ1) is 27.9. The van der Waals surface area contributed by atoms with E-state index in [1.807, 2.05) is 78.9 Å². The molecule has 0 radical (unpaired) electrons. The Morgan fingerprint density at radius 1 is 0.333 bits per heavy atom. The van der Waals surface area contributed by atoms with Crippen molar-refractivity contribution in [1.29, 1.82) is 0 Å². The van der Waals surface area contributed by atoms with Crippen LogP contribution in [0.25, 0.3) is 0 Å². The molecule has 0 amide bonds. The molecule has 0 saturated carbocycles. The van der Waals surface area contributed by atoms with Crippen LogP contribution in [0.3, 0.4) is 0 Å². The van der Waals surface area contributed by atoms with Crippen LogP contribution in [0.5, 0.6) is 28.7 Å². The maximum absolute atomic E-state index is 12.1. The third-order valence-electron chi connectivity index (χ3n) is 5.53. The Bertz CT molecular complexity index is 1620. The zero-order chi connectivity index (χ0) is 28.7. The van der Waals surface area contributed by atoms with Gasteiger partial charge in [-0.15, -0.1) is 9.03 Å². The van der Waals surface area contributed by atoms with Crippen molar-refractivity contribution in [3.63, 3.8) is 0 Å². The first-order valence-electron chi connectivity index (χ1n) is 12.9. The smallest absolute Gasteiger partial charge is 0.422 e. The van der Waals surface area contributed by atoms with Crippen LogP contribution in [-0.2, 0) is 0 Å². The maximum Gasteiger partial charge on any atom is 0.460 e. The van der Waals surface area contributed by atoms with Crippen LogP contribution < -0.4 is 22.6 Å². The molecule has 1 aliphatic heterocycles. The van der Waals surface area contributed by atoms with Gasteiger partial charge in [-0.25, -0.2) is 0 Å². The number of hydrogen-bond acceptors (Lipinski definition) is 8. The van der Waals surface area contributed by atoms with Crippen LogP contribution in [0, 0.1) is 0 Å². The van der Waals surface area contributed by atoms with E-state index in [9.17, 15) is 4.89 Å². The van der Waals surface area contributed by atoms with Crippen LogP contribution >= 0.6 is 23.0 Å². The maximum atomic E-state index is 12.1. The van der Waals surface area contributed by atoms with Crippen molar-refractivity contribution in [3.8, 4) is 28.7 Å². The summed E-state index contributed by atoms with van der Waals surface area (Å²) >= 11 is 0. The molecule has 0 fully saturated rings. The Morgan fingerprint density at radius 2 is 0.595 bits per heavy atom. The van der Waals surface area contributed by atoms with Gasteiger partial charge in [-0.1, -0.05) is 95.5 Å². The summed E-state index contributed by atoms with van der Waals surface area (Å²) in [6.07, 6.45) is 0. The number of benzene rings is 5. The molecule has 1 N–H and O–H groups in total. The van der Waals surface area contributed by atoms with Crippen molar-refractivity contribution in [2.24, 2.45) is 13.5 Å². The minimum absolute atomic E-state index is 0.345. The summed E-state index contributed by atoms with van der Waals surface area (Å²) in [7, 11) is -11.8.